The Bertz CT molecular complexity index is 848. The summed E-state index contributed by atoms with van der Waals surface area (Å²) in [6, 6.07) is 12.9. The van der Waals surface area contributed by atoms with Crippen molar-refractivity contribution in [3.05, 3.63) is 64.2 Å². The van der Waals surface area contributed by atoms with E-state index in [1.807, 2.05) is 18.2 Å². The molecule has 0 radical (unpaired) electrons. The molecule has 0 aliphatic heterocycles. The van der Waals surface area contributed by atoms with E-state index in [2.05, 4.69) is 5.32 Å². The Labute approximate surface area is 144 Å². The van der Waals surface area contributed by atoms with Gasteiger partial charge in [-0.2, -0.15) is 0 Å². The van der Waals surface area contributed by atoms with E-state index in [1.165, 1.54) is 11.1 Å². The average Bonchev–Trinajstić information content (AvgIpc) is 3.10. The summed E-state index contributed by atoms with van der Waals surface area (Å²) in [7, 11) is 0. The Kier molecular flexibility index (Phi) is 3.57. The zero-order valence-corrected chi connectivity index (χ0v) is 13.6. The van der Waals surface area contributed by atoms with Gasteiger partial charge in [-0.1, -0.05) is 29.8 Å². The number of anilines is 1. The summed E-state index contributed by atoms with van der Waals surface area (Å²) in [5.41, 5.74) is 3.82. The minimum Gasteiger partial charge on any atom is -0.481 e. The number of halogens is 1. The van der Waals surface area contributed by atoms with Gasteiger partial charge in [-0.05, 0) is 59.2 Å². The molecule has 2 aromatic rings. The first-order chi connectivity index (χ1) is 11.5. The van der Waals surface area contributed by atoms with Crippen LogP contribution in [0.15, 0.2) is 42.5 Å². The number of carbonyl (C=O) groups is 2. The fraction of sp³-hybridized carbons (Fsp3) is 0.263. The van der Waals surface area contributed by atoms with Gasteiger partial charge >= 0.3 is 5.97 Å². The molecule has 1 fully saturated rings. The lowest BCUT2D eigenvalue weighted by molar-refractivity contribution is -0.136. The molecule has 24 heavy (non-hydrogen) atoms. The van der Waals surface area contributed by atoms with Crippen LogP contribution in [-0.2, 0) is 22.4 Å². The molecular formula is C19H16ClNO3. The topological polar surface area (TPSA) is 66.4 Å². The maximum absolute atomic E-state index is 12.5. The SMILES string of the molecule is O=C(O)Cc1cccc(NC(=O)C2C3Cc4cc(Cl)ccc4C32)c1. The van der Waals surface area contributed by atoms with Crippen molar-refractivity contribution in [1.29, 1.82) is 0 Å². The van der Waals surface area contributed by atoms with Crippen LogP contribution in [-0.4, -0.2) is 17.0 Å². The molecule has 122 valence electrons. The number of carboxylic acids is 1. The van der Waals surface area contributed by atoms with Crippen LogP contribution in [0.5, 0.6) is 0 Å². The Balaban J connectivity index is 1.46. The van der Waals surface area contributed by atoms with Gasteiger partial charge in [-0.3, -0.25) is 9.59 Å². The highest BCUT2D eigenvalue weighted by molar-refractivity contribution is 6.30. The summed E-state index contributed by atoms with van der Waals surface area (Å²) in [5, 5.41) is 12.5. The first-order valence-corrected chi connectivity index (χ1v) is 8.30. The van der Waals surface area contributed by atoms with Crippen LogP contribution in [0.4, 0.5) is 5.69 Å². The lowest BCUT2D eigenvalue weighted by Gasteiger charge is -2.10. The molecular weight excluding hydrogens is 326 g/mol. The van der Waals surface area contributed by atoms with Gasteiger partial charge < -0.3 is 10.4 Å². The minimum atomic E-state index is -0.884. The van der Waals surface area contributed by atoms with Crippen LogP contribution in [0.25, 0.3) is 0 Å². The minimum absolute atomic E-state index is 0.00167. The number of benzene rings is 2. The highest BCUT2D eigenvalue weighted by Gasteiger charge is 2.59. The summed E-state index contributed by atoms with van der Waals surface area (Å²) < 4.78 is 0. The summed E-state index contributed by atoms with van der Waals surface area (Å²) in [6.07, 6.45) is 0.851. The number of hydrogen-bond acceptors (Lipinski definition) is 2. The number of carboxylic acid groups (broad SMARTS) is 1. The largest absolute Gasteiger partial charge is 0.481 e. The van der Waals surface area contributed by atoms with Crippen molar-refractivity contribution < 1.29 is 14.7 Å². The highest BCUT2D eigenvalue weighted by Crippen LogP contribution is 2.61. The van der Waals surface area contributed by atoms with Crippen molar-refractivity contribution in [2.24, 2.45) is 11.8 Å². The lowest BCUT2D eigenvalue weighted by Crippen LogP contribution is -2.17. The van der Waals surface area contributed by atoms with Crippen molar-refractivity contribution >= 4 is 29.2 Å². The van der Waals surface area contributed by atoms with E-state index in [-0.39, 0.29) is 18.2 Å². The van der Waals surface area contributed by atoms with Crippen LogP contribution in [0.3, 0.4) is 0 Å². The van der Waals surface area contributed by atoms with Gasteiger partial charge in [0.1, 0.15) is 0 Å². The molecule has 2 aliphatic rings. The number of amides is 1. The number of fused-ring (bicyclic) bond motifs is 3. The third kappa shape index (κ3) is 2.67. The van der Waals surface area contributed by atoms with E-state index >= 15 is 0 Å². The Morgan fingerprint density at radius 2 is 2.04 bits per heavy atom. The van der Waals surface area contributed by atoms with Crippen molar-refractivity contribution in [2.75, 3.05) is 5.32 Å². The third-order valence-corrected chi connectivity index (χ3v) is 5.18. The second kappa shape index (κ2) is 5.64. The van der Waals surface area contributed by atoms with E-state index in [1.54, 1.807) is 24.3 Å². The van der Waals surface area contributed by atoms with Gasteiger partial charge in [-0.15, -0.1) is 0 Å². The summed E-state index contributed by atoms with van der Waals surface area (Å²) in [6.45, 7) is 0. The quantitative estimate of drug-likeness (QED) is 0.894. The molecule has 0 spiro atoms. The van der Waals surface area contributed by atoms with Crippen LogP contribution in [0, 0.1) is 11.8 Å². The number of hydrogen-bond donors (Lipinski definition) is 2. The predicted octanol–water partition coefficient (Wildman–Crippen LogP) is 3.49. The monoisotopic (exact) mass is 341 g/mol. The zero-order valence-electron chi connectivity index (χ0n) is 12.8. The summed E-state index contributed by atoms with van der Waals surface area (Å²) in [5.74, 6) is -0.217. The molecule has 4 nitrogen and oxygen atoms in total. The number of aliphatic carboxylic acids is 1. The fourth-order valence-electron chi connectivity index (χ4n) is 3.90. The van der Waals surface area contributed by atoms with Crippen LogP contribution in [0.2, 0.25) is 5.02 Å². The lowest BCUT2D eigenvalue weighted by atomic mass is 10.0. The summed E-state index contributed by atoms with van der Waals surface area (Å²) in [4.78, 5) is 23.3. The van der Waals surface area contributed by atoms with Crippen LogP contribution in [0.1, 0.15) is 22.6 Å². The van der Waals surface area contributed by atoms with Crippen molar-refractivity contribution in [1.82, 2.24) is 0 Å². The third-order valence-electron chi connectivity index (χ3n) is 4.94. The Morgan fingerprint density at radius 3 is 2.83 bits per heavy atom. The number of rotatable bonds is 4. The predicted molar refractivity (Wildman–Crippen MR) is 91.3 cm³/mol. The average molecular weight is 342 g/mol. The van der Waals surface area contributed by atoms with Gasteiger partial charge in [0.05, 0.1) is 6.42 Å². The van der Waals surface area contributed by atoms with E-state index in [0.29, 0.717) is 23.1 Å². The fourth-order valence-corrected chi connectivity index (χ4v) is 4.09. The molecule has 0 saturated heterocycles. The Hall–Kier alpha value is -2.33. The van der Waals surface area contributed by atoms with E-state index in [9.17, 15) is 9.59 Å². The molecule has 3 unspecified atom stereocenters. The first-order valence-electron chi connectivity index (χ1n) is 7.93. The molecule has 1 amide bonds. The van der Waals surface area contributed by atoms with E-state index < -0.39 is 5.97 Å². The van der Waals surface area contributed by atoms with Crippen molar-refractivity contribution in [3.63, 3.8) is 0 Å². The molecule has 2 N–H and O–H groups in total. The number of nitrogens with one attached hydrogen (secondary N) is 1. The normalized spacial score (nSPS) is 23.3. The maximum Gasteiger partial charge on any atom is 0.307 e. The molecule has 4 rings (SSSR count). The molecule has 2 aromatic carbocycles. The smallest absolute Gasteiger partial charge is 0.307 e. The molecule has 1 saturated carbocycles. The second-order valence-electron chi connectivity index (χ2n) is 6.52. The van der Waals surface area contributed by atoms with Gasteiger partial charge in [0.15, 0.2) is 0 Å². The van der Waals surface area contributed by atoms with Crippen LogP contribution < -0.4 is 5.32 Å². The van der Waals surface area contributed by atoms with Crippen molar-refractivity contribution in [2.45, 2.75) is 18.8 Å². The standard InChI is InChI=1S/C19H16ClNO3/c20-12-4-5-14-11(8-12)9-15-17(14)18(15)19(24)21-13-3-1-2-10(6-13)7-16(22)23/h1-6,8,15,17-18H,7,9H2,(H,21,24)(H,22,23). The van der Waals surface area contributed by atoms with Crippen molar-refractivity contribution in [3.8, 4) is 0 Å². The molecule has 3 atom stereocenters. The molecule has 2 aliphatic carbocycles. The molecule has 0 heterocycles. The van der Waals surface area contributed by atoms with Gasteiger partial charge in [-0.25, -0.2) is 0 Å². The number of carbonyl (C=O) groups excluding carboxylic acids is 1. The van der Waals surface area contributed by atoms with E-state index in [4.69, 9.17) is 16.7 Å². The molecule has 5 heteroatoms. The zero-order chi connectivity index (χ0) is 16.8. The Morgan fingerprint density at radius 1 is 1.21 bits per heavy atom. The van der Waals surface area contributed by atoms with Crippen LogP contribution >= 0.6 is 11.6 Å². The van der Waals surface area contributed by atoms with E-state index in [0.717, 1.165) is 11.4 Å². The molecule has 0 aromatic heterocycles. The summed E-state index contributed by atoms with van der Waals surface area (Å²) >= 11 is 6.02. The van der Waals surface area contributed by atoms with Gasteiger partial charge in [0.25, 0.3) is 0 Å². The highest BCUT2D eigenvalue weighted by atomic mass is 35.5. The maximum atomic E-state index is 12.5. The van der Waals surface area contributed by atoms with Gasteiger partial charge in [0.2, 0.25) is 5.91 Å². The second-order valence-corrected chi connectivity index (χ2v) is 6.96. The van der Waals surface area contributed by atoms with Gasteiger partial charge in [0, 0.05) is 16.6 Å². The first kappa shape index (κ1) is 15.2. The molecule has 0 bridgehead atoms.